The number of hydrogen-bond acceptors (Lipinski definition) is 2. The molecule has 0 spiro atoms. The molecule has 0 aliphatic carbocycles. The molecule has 3 unspecified atom stereocenters. The van der Waals surface area contributed by atoms with Gasteiger partial charge in [0.25, 0.3) is 0 Å². The molecule has 0 amide bonds. The normalized spacial score (nSPS) is 30.7. The van der Waals surface area contributed by atoms with Gasteiger partial charge in [0.1, 0.15) is 5.82 Å². The van der Waals surface area contributed by atoms with Crippen LogP contribution in [0.3, 0.4) is 0 Å². The van der Waals surface area contributed by atoms with Crippen LogP contribution in [-0.2, 0) is 0 Å². The predicted octanol–water partition coefficient (Wildman–Crippen LogP) is 3.49. The van der Waals surface area contributed by atoms with Gasteiger partial charge >= 0.3 is 0 Å². The van der Waals surface area contributed by atoms with Crippen molar-refractivity contribution in [3.63, 3.8) is 0 Å². The third kappa shape index (κ3) is 2.75. The molecule has 2 heterocycles. The van der Waals surface area contributed by atoms with Crippen molar-refractivity contribution in [3.8, 4) is 0 Å². The van der Waals surface area contributed by atoms with Gasteiger partial charge < -0.3 is 5.32 Å². The molecule has 1 aromatic carbocycles. The van der Waals surface area contributed by atoms with Gasteiger partial charge in [-0.2, -0.15) is 0 Å². The van der Waals surface area contributed by atoms with E-state index in [0.717, 1.165) is 12.0 Å². The van der Waals surface area contributed by atoms with Crippen LogP contribution in [0.5, 0.6) is 0 Å². The number of halogens is 1. The van der Waals surface area contributed by atoms with Gasteiger partial charge in [-0.3, -0.25) is 4.90 Å². The van der Waals surface area contributed by atoms with Crippen molar-refractivity contribution in [3.05, 3.63) is 35.6 Å². The van der Waals surface area contributed by atoms with E-state index in [9.17, 15) is 4.39 Å². The van der Waals surface area contributed by atoms with E-state index < -0.39 is 0 Å². The van der Waals surface area contributed by atoms with Crippen molar-refractivity contribution in [1.29, 1.82) is 0 Å². The number of nitrogens with zero attached hydrogens (tertiary/aromatic N) is 1. The topological polar surface area (TPSA) is 15.3 Å². The molecule has 2 nitrogen and oxygen atoms in total. The Kier molecular flexibility index (Phi) is 4.08. The third-order valence-corrected chi connectivity index (χ3v) is 5.14. The number of nitrogens with one attached hydrogen (secondary N) is 1. The van der Waals surface area contributed by atoms with Gasteiger partial charge in [0.2, 0.25) is 0 Å². The summed E-state index contributed by atoms with van der Waals surface area (Å²) >= 11 is 0. The molecule has 2 aliphatic heterocycles. The Balaban J connectivity index is 1.75. The number of rotatable bonds is 4. The van der Waals surface area contributed by atoms with Gasteiger partial charge in [0, 0.05) is 24.2 Å². The quantitative estimate of drug-likeness (QED) is 0.905. The van der Waals surface area contributed by atoms with Gasteiger partial charge in [0.05, 0.1) is 0 Å². The van der Waals surface area contributed by atoms with E-state index in [1.807, 2.05) is 6.07 Å². The molecule has 3 atom stereocenters. The van der Waals surface area contributed by atoms with Crippen molar-refractivity contribution in [2.45, 2.75) is 63.2 Å². The lowest BCUT2D eigenvalue weighted by molar-refractivity contribution is 0.121. The van der Waals surface area contributed by atoms with Crippen LogP contribution in [0.4, 0.5) is 4.39 Å². The predicted molar refractivity (Wildman–Crippen MR) is 80.2 cm³/mol. The Hall–Kier alpha value is -0.930. The molecule has 110 valence electrons. The van der Waals surface area contributed by atoms with Crippen molar-refractivity contribution < 1.29 is 4.39 Å². The monoisotopic (exact) mass is 276 g/mol. The summed E-state index contributed by atoms with van der Waals surface area (Å²) in [6, 6.07) is 9.46. The highest BCUT2D eigenvalue weighted by Gasteiger charge is 2.36. The number of hydrogen-bond donors (Lipinski definition) is 1. The molecule has 2 saturated heterocycles. The number of piperidine rings is 1. The zero-order chi connectivity index (χ0) is 14.1. The third-order valence-electron chi connectivity index (χ3n) is 5.14. The second-order valence-electron chi connectivity index (χ2n) is 6.41. The van der Waals surface area contributed by atoms with E-state index in [1.165, 1.54) is 31.7 Å². The van der Waals surface area contributed by atoms with Gasteiger partial charge in [-0.15, -0.1) is 0 Å². The Bertz CT molecular complexity index is 450. The van der Waals surface area contributed by atoms with Crippen molar-refractivity contribution >= 4 is 0 Å². The summed E-state index contributed by atoms with van der Waals surface area (Å²) in [5.41, 5.74) is 1.11. The Labute approximate surface area is 121 Å². The lowest BCUT2D eigenvalue weighted by Crippen LogP contribution is -2.47. The van der Waals surface area contributed by atoms with E-state index in [2.05, 4.69) is 30.3 Å². The maximum atomic E-state index is 13.5. The van der Waals surface area contributed by atoms with E-state index >= 15 is 0 Å². The average molecular weight is 276 g/mol. The molecular formula is C17H25FN2. The fourth-order valence-corrected chi connectivity index (χ4v) is 4.09. The summed E-state index contributed by atoms with van der Waals surface area (Å²) in [4.78, 5) is 2.49. The summed E-state index contributed by atoms with van der Waals surface area (Å²) in [5, 5.41) is 3.69. The Morgan fingerprint density at radius 1 is 1.30 bits per heavy atom. The molecule has 2 bridgehead atoms. The van der Waals surface area contributed by atoms with Crippen molar-refractivity contribution in [2.75, 3.05) is 7.05 Å². The van der Waals surface area contributed by atoms with E-state index in [1.54, 1.807) is 6.07 Å². The van der Waals surface area contributed by atoms with Crippen LogP contribution in [0, 0.1) is 5.82 Å². The van der Waals surface area contributed by atoms with Gasteiger partial charge in [0.15, 0.2) is 0 Å². The Morgan fingerprint density at radius 2 is 2.00 bits per heavy atom. The lowest BCUT2D eigenvalue weighted by Gasteiger charge is -2.40. The molecule has 1 aromatic rings. The first-order valence-electron chi connectivity index (χ1n) is 7.90. The van der Waals surface area contributed by atoms with Gasteiger partial charge in [-0.1, -0.05) is 19.1 Å². The second kappa shape index (κ2) is 5.82. The molecule has 0 radical (unpaired) electrons. The summed E-state index contributed by atoms with van der Waals surface area (Å²) < 4.78 is 13.5. The minimum Gasteiger partial charge on any atom is -0.311 e. The summed E-state index contributed by atoms with van der Waals surface area (Å²) in [5.74, 6) is -0.125. The molecular weight excluding hydrogens is 251 g/mol. The molecule has 0 aromatic heterocycles. The van der Waals surface area contributed by atoms with Crippen LogP contribution in [0.25, 0.3) is 0 Å². The van der Waals surface area contributed by atoms with Crippen LogP contribution >= 0.6 is 0 Å². The highest BCUT2D eigenvalue weighted by Crippen LogP contribution is 2.34. The molecule has 2 aliphatic rings. The van der Waals surface area contributed by atoms with E-state index in [4.69, 9.17) is 0 Å². The zero-order valence-electron chi connectivity index (χ0n) is 12.5. The van der Waals surface area contributed by atoms with Crippen LogP contribution in [0.1, 0.15) is 50.6 Å². The van der Waals surface area contributed by atoms with Crippen LogP contribution in [0.2, 0.25) is 0 Å². The fraction of sp³-hybridized carbons (Fsp3) is 0.647. The van der Waals surface area contributed by atoms with E-state index in [-0.39, 0.29) is 5.82 Å². The van der Waals surface area contributed by atoms with E-state index in [0.29, 0.717) is 24.2 Å². The molecule has 2 fully saturated rings. The van der Waals surface area contributed by atoms with Crippen LogP contribution in [-0.4, -0.2) is 30.1 Å². The second-order valence-corrected chi connectivity index (χ2v) is 6.41. The number of benzene rings is 1. The molecule has 3 heteroatoms. The highest BCUT2D eigenvalue weighted by molar-refractivity contribution is 5.20. The fourth-order valence-electron chi connectivity index (χ4n) is 4.09. The van der Waals surface area contributed by atoms with Crippen molar-refractivity contribution in [2.24, 2.45) is 0 Å². The first kappa shape index (κ1) is 14.0. The minimum absolute atomic E-state index is 0.125. The molecule has 20 heavy (non-hydrogen) atoms. The SMILES string of the molecule is CCC(c1cccc(F)c1)N(C)C1CC2CCC(C1)N2. The summed E-state index contributed by atoms with van der Waals surface area (Å²) in [6.07, 6.45) is 6.15. The maximum absolute atomic E-state index is 13.5. The lowest BCUT2D eigenvalue weighted by atomic mass is 9.94. The molecule has 0 saturated carbocycles. The molecule has 1 N–H and O–H groups in total. The summed E-state index contributed by atoms with van der Waals surface area (Å²) in [7, 11) is 2.22. The first-order valence-corrected chi connectivity index (χ1v) is 7.90. The number of fused-ring (bicyclic) bond motifs is 2. The van der Waals surface area contributed by atoms with Crippen molar-refractivity contribution in [1.82, 2.24) is 10.2 Å². The average Bonchev–Trinajstić information content (AvgIpc) is 2.78. The zero-order valence-corrected chi connectivity index (χ0v) is 12.5. The summed E-state index contributed by atoms with van der Waals surface area (Å²) in [6.45, 7) is 2.20. The smallest absolute Gasteiger partial charge is 0.123 e. The molecule has 3 rings (SSSR count). The van der Waals surface area contributed by atoms with Gasteiger partial charge in [-0.25, -0.2) is 4.39 Å². The van der Waals surface area contributed by atoms with Crippen LogP contribution < -0.4 is 5.32 Å². The highest BCUT2D eigenvalue weighted by atomic mass is 19.1. The Morgan fingerprint density at radius 3 is 2.60 bits per heavy atom. The maximum Gasteiger partial charge on any atom is 0.123 e. The first-order chi connectivity index (χ1) is 9.67. The minimum atomic E-state index is -0.125. The standard InChI is InChI=1S/C17H25FN2/c1-3-17(12-5-4-6-13(18)9-12)20(2)16-10-14-7-8-15(11-16)19-14/h4-6,9,14-17,19H,3,7-8,10-11H2,1-2H3. The largest absolute Gasteiger partial charge is 0.311 e. The van der Waals surface area contributed by atoms with Gasteiger partial charge in [-0.05, 0) is 56.8 Å². The van der Waals surface area contributed by atoms with Crippen LogP contribution in [0.15, 0.2) is 24.3 Å².